The average molecular weight is 392 g/mol. The predicted molar refractivity (Wildman–Crippen MR) is 97.7 cm³/mol. The molecule has 0 radical (unpaired) electrons. The minimum atomic E-state index is -0.166. The van der Waals surface area contributed by atoms with Crippen molar-refractivity contribution in [2.45, 2.75) is 31.5 Å². The van der Waals surface area contributed by atoms with E-state index in [2.05, 4.69) is 16.2 Å². The van der Waals surface area contributed by atoms with E-state index in [1.54, 1.807) is 6.07 Å². The summed E-state index contributed by atoms with van der Waals surface area (Å²) in [5.41, 5.74) is 8.68. The third-order valence-electron chi connectivity index (χ3n) is 5.21. The number of nitrogens with one attached hydrogen (secondary N) is 3. The van der Waals surface area contributed by atoms with Crippen molar-refractivity contribution in [1.29, 1.82) is 0 Å². The smallest absolute Gasteiger partial charge is 0.241 e. The van der Waals surface area contributed by atoms with Crippen LogP contribution >= 0.6 is 35.6 Å². The summed E-state index contributed by atoms with van der Waals surface area (Å²) in [6.07, 6.45) is 1.85. The van der Waals surface area contributed by atoms with Crippen LogP contribution in [0, 0.1) is 5.92 Å². The number of piperidine rings is 1. The van der Waals surface area contributed by atoms with E-state index in [9.17, 15) is 4.79 Å². The number of fused-ring (bicyclic) bond motifs is 2. The Bertz CT molecular complexity index is 642. The van der Waals surface area contributed by atoms with Gasteiger partial charge >= 0.3 is 0 Å². The first-order valence-electron chi connectivity index (χ1n) is 8.11. The highest BCUT2D eigenvalue weighted by atomic mass is 35.5. The molecule has 0 aromatic heterocycles. The largest absolute Gasteiger partial charge is 0.337 e. The molecule has 0 aliphatic carbocycles. The van der Waals surface area contributed by atoms with Gasteiger partial charge in [-0.25, -0.2) is 5.43 Å². The van der Waals surface area contributed by atoms with Crippen molar-refractivity contribution in [2.24, 2.45) is 5.92 Å². The van der Waals surface area contributed by atoms with Crippen molar-refractivity contribution >= 4 is 41.5 Å². The molecule has 3 heterocycles. The third kappa shape index (κ3) is 3.26. The van der Waals surface area contributed by atoms with Crippen LogP contribution in [0.15, 0.2) is 12.1 Å². The second kappa shape index (κ2) is 7.36. The fraction of sp³-hybridized carbons (Fsp3) is 0.562. The van der Waals surface area contributed by atoms with E-state index in [1.165, 1.54) is 0 Å². The van der Waals surface area contributed by atoms with Gasteiger partial charge in [0.25, 0.3) is 0 Å². The van der Waals surface area contributed by atoms with Crippen LogP contribution in [-0.2, 0) is 17.8 Å². The molecule has 2 saturated heterocycles. The third-order valence-corrected chi connectivity index (χ3v) is 5.77. The van der Waals surface area contributed by atoms with Crippen molar-refractivity contribution in [3.8, 4) is 0 Å². The Kier molecular flexibility index (Phi) is 5.59. The number of amides is 1. The SMILES string of the molecule is Cl.O=C(C1NNC2CCNCC21)N1CCc2cc(Cl)cc(Cl)c2C1. The summed E-state index contributed by atoms with van der Waals surface area (Å²) in [7, 11) is 0. The molecular formula is C16H21Cl3N4O. The minimum absolute atomic E-state index is 0. The van der Waals surface area contributed by atoms with Gasteiger partial charge in [-0.3, -0.25) is 10.2 Å². The summed E-state index contributed by atoms with van der Waals surface area (Å²) in [6.45, 7) is 3.16. The number of hydrazine groups is 1. The molecule has 0 saturated carbocycles. The zero-order chi connectivity index (χ0) is 16.0. The van der Waals surface area contributed by atoms with Crippen molar-refractivity contribution in [3.63, 3.8) is 0 Å². The van der Waals surface area contributed by atoms with Crippen molar-refractivity contribution in [1.82, 2.24) is 21.1 Å². The van der Waals surface area contributed by atoms with E-state index in [0.717, 1.165) is 37.1 Å². The average Bonchev–Trinajstić information content (AvgIpc) is 2.98. The summed E-state index contributed by atoms with van der Waals surface area (Å²) >= 11 is 12.4. The van der Waals surface area contributed by atoms with E-state index in [1.807, 2.05) is 11.0 Å². The van der Waals surface area contributed by atoms with Crippen molar-refractivity contribution in [3.05, 3.63) is 33.3 Å². The van der Waals surface area contributed by atoms with Crippen LogP contribution in [0.3, 0.4) is 0 Å². The van der Waals surface area contributed by atoms with Crippen LogP contribution in [0.2, 0.25) is 10.0 Å². The molecule has 3 aliphatic rings. The number of hydrogen-bond acceptors (Lipinski definition) is 4. The molecular weight excluding hydrogens is 371 g/mol. The Morgan fingerprint density at radius 3 is 2.92 bits per heavy atom. The Morgan fingerprint density at radius 2 is 2.08 bits per heavy atom. The van der Waals surface area contributed by atoms with Crippen LogP contribution in [0.25, 0.3) is 0 Å². The molecule has 5 nitrogen and oxygen atoms in total. The van der Waals surface area contributed by atoms with Gasteiger partial charge in [0, 0.05) is 41.6 Å². The number of benzene rings is 1. The molecule has 0 bridgehead atoms. The molecule has 1 aromatic carbocycles. The van der Waals surface area contributed by atoms with Gasteiger partial charge < -0.3 is 10.2 Å². The lowest BCUT2D eigenvalue weighted by Crippen LogP contribution is -2.51. The molecule has 3 aliphatic heterocycles. The molecule has 24 heavy (non-hydrogen) atoms. The maximum Gasteiger partial charge on any atom is 0.241 e. The second-order valence-corrected chi connectivity index (χ2v) is 7.41. The number of carbonyl (C=O) groups is 1. The van der Waals surface area contributed by atoms with E-state index in [-0.39, 0.29) is 24.4 Å². The van der Waals surface area contributed by atoms with Gasteiger partial charge in [-0.2, -0.15) is 0 Å². The lowest BCUT2D eigenvalue weighted by molar-refractivity contribution is -0.135. The standard InChI is InChI=1S/C16H20Cl2N4O.ClH/c17-10-5-9-2-4-22(8-12(9)13(18)6-10)16(23)15-11-7-19-3-1-14(11)20-21-15;/h5-6,11,14-15,19-21H,1-4,7-8H2;1H. The van der Waals surface area contributed by atoms with Crippen LogP contribution in [0.5, 0.6) is 0 Å². The van der Waals surface area contributed by atoms with Crippen LogP contribution < -0.4 is 16.2 Å². The number of hydrogen-bond donors (Lipinski definition) is 3. The molecule has 4 rings (SSSR count). The number of rotatable bonds is 1. The lowest BCUT2D eigenvalue weighted by atomic mass is 9.88. The van der Waals surface area contributed by atoms with E-state index in [4.69, 9.17) is 23.2 Å². The van der Waals surface area contributed by atoms with Crippen molar-refractivity contribution in [2.75, 3.05) is 19.6 Å². The van der Waals surface area contributed by atoms with Gasteiger partial charge in [-0.15, -0.1) is 12.4 Å². The molecule has 2 fully saturated rings. The van der Waals surface area contributed by atoms with E-state index in [0.29, 0.717) is 35.1 Å². The zero-order valence-corrected chi connectivity index (χ0v) is 15.5. The quantitative estimate of drug-likeness (QED) is 0.683. The summed E-state index contributed by atoms with van der Waals surface area (Å²) in [4.78, 5) is 14.9. The van der Waals surface area contributed by atoms with Gasteiger partial charge in [-0.05, 0) is 42.6 Å². The Morgan fingerprint density at radius 1 is 1.25 bits per heavy atom. The molecule has 0 spiro atoms. The minimum Gasteiger partial charge on any atom is -0.337 e. The molecule has 3 atom stereocenters. The fourth-order valence-electron chi connectivity index (χ4n) is 3.93. The van der Waals surface area contributed by atoms with Crippen LogP contribution in [0.1, 0.15) is 17.5 Å². The first-order chi connectivity index (χ1) is 11.1. The first kappa shape index (κ1) is 18.2. The summed E-state index contributed by atoms with van der Waals surface area (Å²) in [6, 6.07) is 3.93. The molecule has 132 valence electrons. The van der Waals surface area contributed by atoms with Gasteiger partial charge in [0.1, 0.15) is 6.04 Å². The fourth-order valence-corrected chi connectivity index (χ4v) is 4.52. The molecule has 3 N–H and O–H groups in total. The van der Waals surface area contributed by atoms with Crippen molar-refractivity contribution < 1.29 is 4.79 Å². The van der Waals surface area contributed by atoms with E-state index >= 15 is 0 Å². The molecule has 1 aromatic rings. The summed E-state index contributed by atoms with van der Waals surface area (Å²) < 4.78 is 0. The number of carbonyl (C=O) groups excluding carboxylic acids is 1. The first-order valence-corrected chi connectivity index (χ1v) is 8.86. The van der Waals surface area contributed by atoms with Gasteiger partial charge in [0.05, 0.1) is 0 Å². The Hall–Kier alpha value is -0.560. The van der Waals surface area contributed by atoms with E-state index < -0.39 is 0 Å². The topological polar surface area (TPSA) is 56.4 Å². The molecule has 1 amide bonds. The molecule has 8 heteroatoms. The normalized spacial score (nSPS) is 28.8. The van der Waals surface area contributed by atoms with Crippen LogP contribution in [0.4, 0.5) is 0 Å². The highest BCUT2D eigenvalue weighted by Crippen LogP contribution is 2.31. The highest BCUT2D eigenvalue weighted by Gasteiger charge is 2.43. The second-order valence-electron chi connectivity index (χ2n) is 6.56. The van der Waals surface area contributed by atoms with Gasteiger partial charge in [0.15, 0.2) is 0 Å². The van der Waals surface area contributed by atoms with Gasteiger partial charge in [0.2, 0.25) is 5.91 Å². The maximum absolute atomic E-state index is 13.0. The monoisotopic (exact) mass is 390 g/mol. The van der Waals surface area contributed by atoms with Gasteiger partial charge in [-0.1, -0.05) is 23.2 Å². The summed E-state index contributed by atoms with van der Waals surface area (Å²) in [5, 5.41) is 4.70. The number of halogens is 3. The Labute approximate surface area is 157 Å². The molecule has 3 unspecified atom stereocenters. The highest BCUT2D eigenvalue weighted by molar-refractivity contribution is 6.35. The van der Waals surface area contributed by atoms with Crippen LogP contribution in [-0.4, -0.2) is 42.5 Å². The zero-order valence-electron chi connectivity index (χ0n) is 13.1. The summed E-state index contributed by atoms with van der Waals surface area (Å²) in [5.74, 6) is 0.462. The predicted octanol–water partition coefficient (Wildman–Crippen LogP) is 1.75. The Balaban J connectivity index is 0.00000169. The maximum atomic E-state index is 13.0. The number of nitrogens with zero attached hydrogens (tertiary/aromatic N) is 1. The lowest BCUT2D eigenvalue weighted by Gasteiger charge is -2.34.